The second-order valence-electron chi connectivity index (χ2n) is 9.15. The first-order valence-corrected chi connectivity index (χ1v) is 13.1. The van der Waals surface area contributed by atoms with Crippen LogP contribution in [0.15, 0.2) is 43.0 Å². The molecule has 34 heavy (non-hydrogen) atoms. The van der Waals surface area contributed by atoms with E-state index in [9.17, 15) is 9.36 Å². The van der Waals surface area contributed by atoms with Gasteiger partial charge in [-0.2, -0.15) is 0 Å². The molecule has 0 aliphatic carbocycles. The molecule has 0 spiro atoms. The first-order chi connectivity index (χ1) is 16.0. The lowest BCUT2D eigenvalue weighted by Crippen LogP contribution is -2.33. The van der Waals surface area contributed by atoms with Gasteiger partial charge in [0, 0.05) is 0 Å². The Morgan fingerprint density at radius 2 is 1.85 bits per heavy atom. The quantitative estimate of drug-likeness (QED) is 0.312. The van der Waals surface area contributed by atoms with E-state index in [1.807, 2.05) is 13.0 Å². The Hall–Kier alpha value is -2.97. The lowest BCUT2D eigenvalue weighted by atomic mass is 9.97. The van der Waals surface area contributed by atoms with Crippen molar-refractivity contribution in [3.05, 3.63) is 43.0 Å². The molecule has 10 nitrogen and oxygen atoms in total. The zero-order valence-electron chi connectivity index (χ0n) is 20.2. The molecule has 2 heterocycles. The molecule has 0 unspecified atom stereocenters. The third-order valence-corrected chi connectivity index (χ3v) is 7.34. The molecular formula is C23H32N5O5P. The van der Waals surface area contributed by atoms with Crippen molar-refractivity contribution in [2.75, 3.05) is 18.2 Å². The van der Waals surface area contributed by atoms with E-state index in [1.165, 1.54) is 6.33 Å². The number of ether oxygens (including phenoxy) is 2. The van der Waals surface area contributed by atoms with Gasteiger partial charge >= 0.3 is 5.97 Å². The molecule has 0 saturated heterocycles. The number of rotatable bonds is 11. The highest BCUT2D eigenvalue weighted by Gasteiger charge is 2.40. The number of nitrogens with zero attached hydrogens (tertiary/aromatic N) is 4. The van der Waals surface area contributed by atoms with E-state index in [0.717, 1.165) is 0 Å². The summed E-state index contributed by atoms with van der Waals surface area (Å²) in [6, 6.07) is 8.86. The van der Waals surface area contributed by atoms with Crippen LogP contribution in [-0.4, -0.2) is 50.2 Å². The Morgan fingerprint density at radius 3 is 2.53 bits per heavy atom. The van der Waals surface area contributed by atoms with Gasteiger partial charge < -0.3 is 24.3 Å². The van der Waals surface area contributed by atoms with Crippen LogP contribution in [0.2, 0.25) is 0 Å². The van der Waals surface area contributed by atoms with Crippen LogP contribution in [0.3, 0.4) is 0 Å². The SMILES string of the molecule is CC(C)OC(=O)C(C)(C)C[P@](=O)(CO[C@H](C)Cn1cnc2c(N)ncnc21)Oc1ccccc1. The smallest absolute Gasteiger partial charge is 0.312 e. The minimum Gasteiger partial charge on any atom is -0.463 e. The molecule has 3 rings (SSSR count). The maximum atomic E-state index is 13.9. The Labute approximate surface area is 199 Å². The van der Waals surface area contributed by atoms with Crippen molar-refractivity contribution in [3.8, 4) is 5.75 Å². The summed E-state index contributed by atoms with van der Waals surface area (Å²) in [5, 5.41) is 0. The van der Waals surface area contributed by atoms with Crippen molar-refractivity contribution in [2.24, 2.45) is 5.41 Å². The molecule has 0 aliphatic heterocycles. The predicted octanol–water partition coefficient (Wildman–Crippen LogP) is 4.11. The van der Waals surface area contributed by atoms with E-state index in [-0.39, 0.29) is 24.7 Å². The standard InChI is InChI=1S/C23H32N5O5P/c1-16(2)32-22(29)23(4,5)12-34(30,33-18-9-7-6-8-10-18)15-31-17(3)11-28-14-27-19-20(24)25-13-26-21(19)28/h6-10,13-14,16-17H,11-12,15H2,1-5H3,(H2,24,25,26)/t17-,34-/m1/s1. The summed E-state index contributed by atoms with van der Waals surface area (Å²) >= 11 is 0. The predicted molar refractivity (Wildman–Crippen MR) is 130 cm³/mol. The number of hydrogen-bond donors (Lipinski definition) is 1. The molecule has 0 saturated carbocycles. The number of fused-ring (bicyclic) bond motifs is 1. The van der Waals surface area contributed by atoms with Gasteiger partial charge in [-0.05, 0) is 46.8 Å². The summed E-state index contributed by atoms with van der Waals surface area (Å²) in [7, 11) is -3.45. The zero-order chi connectivity index (χ0) is 24.9. The highest BCUT2D eigenvalue weighted by atomic mass is 31.2. The summed E-state index contributed by atoms with van der Waals surface area (Å²) in [5.74, 6) is 0.311. The third kappa shape index (κ3) is 6.55. The lowest BCUT2D eigenvalue weighted by Gasteiger charge is -2.29. The van der Waals surface area contributed by atoms with Gasteiger partial charge in [0.2, 0.25) is 0 Å². The minimum atomic E-state index is -3.45. The van der Waals surface area contributed by atoms with Gasteiger partial charge in [-0.3, -0.25) is 9.36 Å². The van der Waals surface area contributed by atoms with Gasteiger partial charge in [-0.15, -0.1) is 0 Å². The number of para-hydroxylation sites is 1. The van der Waals surface area contributed by atoms with E-state index in [1.54, 1.807) is 62.9 Å². The van der Waals surface area contributed by atoms with Crippen molar-refractivity contribution < 1.29 is 23.4 Å². The van der Waals surface area contributed by atoms with Crippen molar-refractivity contribution in [2.45, 2.75) is 53.4 Å². The molecule has 0 fully saturated rings. The minimum absolute atomic E-state index is 0.0368. The molecular weight excluding hydrogens is 457 g/mol. The zero-order valence-corrected chi connectivity index (χ0v) is 21.1. The van der Waals surface area contributed by atoms with Crippen molar-refractivity contribution in [3.63, 3.8) is 0 Å². The van der Waals surface area contributed by atoms with Crippen LogP contribution in [0.5, 0.6) is 5.75 Å². The van der Waals surface area contributed by atoms with Crippen LogP contribution in [0, 0.1) is 5.41 Å². The number of carbonyl (C=O) groups excluding carboxylic acids is 1. The molecule has 184 valence electrons. The first kappa shape index (κ1) is 25.6. The average Bonchev–Trinajstić information content (AvgIpc) is 3.16. The fourth-order valence-electron chi connectivity index (χ4n) is 3.42. The normalized spacial score (nSPS) is 14.6. The summed E-state index contributed by atoms with van der Waals surface area (Å²) in [6.07, 6.45) is 2.14. The number of nitrogen functional groups attached to an aromatic ring is 1. The fraction of sp³-hybridized carbons (Fsp3) is 0.478. The number of esters is 1. The Balaban J connectivity index is 1.74. The summed E-state index contributed by atoms with van der Waals surface area (Å²) in [5.41, 5.74) is 5.92. The van der Waals surface area contributed by atoms with E-state index in [0.29, 0.717) is 29.3 Å². The largest absolute Gasteiger partial charge is 0.463 e. The van der Waals surface area contributed by atoms with Crippen LogP contribution in [0.25, 0.3) is 11.2 Å². The van der Waals surface area contributed by atoms with E-state index < -0.39 is 18.8 Å². The topological polar surface area (TPSA) is 131 Å². The summed E-state index contributed by atoms with van der Waals surface area (Å²) in [4.78, 5) is 25.1. The Kier molecular flexibility index (Phi) is 7.94. The molecule has 11 heteroatoms. The monoisotopic (exact) mass is 489 g/mol. The Bertz CT molecular complexity index is 1170. The van der Waals surface area contributed by atoms with Crippen molar-refractivity contribution >= 4 is 30.3 Å². The molecule has 2 atom stereocenters. The van der Waals surface area contributed by atoms with Gasteiger partial charge in [-0.1, -0.05) is 18.2 Å². The number of anilines is 1. The lowest BCUT2D eigenvalue weighted by molar-refractivity contribution is -0.156. The highest BCUT2D eigenvalue weighted by Crippen LogP contribution is 2.52. The molecule has 2 N–H and O–H groups in total. The van der Waals surface area contributed by atoms with E-state index >= 15 is 0 Å². The maximum Gasteiger partial charge on any atom is 0.312 e. The molecule has 3 aromatic rings. The third-order valence-electron chi connectivity index (χ3n) is 4.99. The van der Waals surface area contributed by atoms with Crippen molar-refractivity contribution in [1.82, 2.24) is 19.5 Å². The van der Waals surface area contributed by atoms with Gasteiger partial charge in [-0.25, -0.2) is 15.0 Å². The first-order valence-electron chi connectivity index (χ1n) is 11.1. The fourth-order valence-corrected chi connectivity index (χ4v) is 5.95. The molecule has 0 amide bonds. The van der Waals surface area contributed by atoms with Crippen LogP contribution in [-0.2, 0) is 25.4 Å². The molecule has 1 aromatic carbocycles. The van der Waals surface area contributed by atoms with Crippen LogP contribution in [0.1, 0.15) is 34.6 Å². The molecule has 0 bridgehead atoms. The number of imidazole rings is 1. The number of nitrogens with two attached hydrogens (primary N) is 1. The molecule has 2 aromatic heterocycles. The summed E-state index contributed by atoms with van der Waals surface area (Å²) in [6.45, 7) is 9.20. The number of hydrogen-bond acceptors (Lipinski definition) is 9. The second-order valence-corrected chi connectivity index (χ2v) is 11.5. The molecule has 0 radical (unpaired) electrons. The number of carbonyl (C=O) groups is 1. The number of aromatic nitrogens is 4. The van der Waals surface area contributed by atoms with Gasteiger partial charge in [0.05, 0.1) is 36.7 Å². The van der Waals surface area contributed by atoms with Crippen LogP contribution in [0.4, 0.5) is 5.82 Å². The average molecular weight is 490 g/mol. The Morgan fingerprint density at radius 1 is 1.15 bits per heavy atom. The molecule has 0 aliphatic rings. The van der Waals surface area contributed by atoms with Gasteiger partial charge in [0.1, 0.15) is 23.9 Å². The highest BCUT2D eigenvalue weighted by molar-refractivity contribution is 7.59. The van der Waals surface area contributed by atoms with Crippen LogP contribution >= 0.6 is 7.37 Å². The van der Waals surface area contributed by atoms with E-state index in [2.05, 4.69) is 15.0 Å². The van der Waals surface area contributed by atoms with E-state index in [4.69, 9.17) is 19.7 Å². The number of benzene rings is 1. The van der Waals surface area contributed by atoms with Crippen molar-refractivity contribution in [1.29, 1.82) is 0 Å². The summed E-state index contributed by atoms with van der Waals surface area (Å²) < 4.78 is 33.0. The second kappa shape index (κ2) is 10.5. The van der Waals surface area contributed by atoms with Crippen LogP contribution < -0.4 is 10.3 Å². The maximum absolute atomic E-state index is 13.9. The van der Waals surface area contributed by atoms with Gasteiger partial charge in [0.15, 0.2) is 11.5 Å². The van der Waals surface area contributed by atoms with Gasteiger partial charge in [0.25, 0.3) is 7.37 Å².